The van der Waals surface area contributed by atoms with E-state index < -0.39 is 182 Å². The highest BCUT2D eigenvalue weighted by Gasteiger charge is 2.47. The molecular formula is C105H139N15O19S. The molecule has 0 bridgehead atoms. The molecular weight excluding hydrogens is 1810 g/mol. The van der Waals surface area contributed by atoms with Crippen molar-refractivity contribution in [3.63, 3.8) is 0 Å². The zero-order valence-corrected chi connectivity index (χ0v) is 84.8. The summed E-state index contributed by atoms with van der Waals surface area (Å²) >= 11 is 0. The lowest BCUT2D eigenvalue weighted by Gasteiger charge is -2.37. The molecule has 2 aliphatic heterocycles. The highest BCUT2D eigenvalue weighted by molar-refractivity contribution is 7.89. The number of nitrogens with zero attached hydrogens (tertiary/aromatic N) is 3. The molecule has 1 fully saturated rings. The van der Waals surface area contributed by atoms with Crippen molar-refractivity contribution in [3.8, 4) is 11.5 Å². The Morgan fingerprint density at radius 3 is 1.69 bits per heavy atom. The van der Waals surface area contributed by atoms with Gasteiger partial charge < -0.3 is 82.0 Å². The molecule has 754 valence electrons. The summed E-state index contributed by atoms with van der Waals surface area (Å²) in [6, 6.07) is 35.9. The molecule has 10 atom stereocenters. The minimum absolute atomic E-state index is 0.0118. The number of ether oxygens (including phenoxy) is 5. The van der Waals surface area contributed by atoms with Crippen LogP contribution in [0.5, 0.6) is 11.5 Å². The van der Waals surface area contributed by atoms with E-state index >= 15 is 28.8 Å². The Hall–Kier alpha value is -13.3. The van der Waals surface area contributed by atoms with Gasteiger partial charge in [0.15, 0.2) is 0 Å². The van der Waals surface area contributed by atoms with Gasteiger partial charge in [0.1, 0.15) is 76.1 Å². The monoisotopic (exact) mass is 1950 g/mol. The minimum atomic E-state index is -4.40. The number of carbonyl (C=O) groups is 11. The number of rotatable bonds is 38. The van der Waals surface area contributed by atoms with Crippen molar-refractivity contribution >= 4 is 92.2 Å². The number of carboxylic acid groups (broad SMARTS) is 1. The van der Waals surface area contributed by atoms with Crippen LogP contribution in [0.1, 0.15) is 205 Å². The molecule has 1 saturated heterocycles. The first-order valence-corrected chi connectivity index (χ1v) is 48.7. The number of urea groups is 1. The minimum Gasteiger partial charge on any atom is -0.488 e. The molecule has 2 aliphatic rings. The number of nitrogens with two attached hydrogens (primary N) is 1. The first-order chi connectivity index (χ1) is 65.5. The number of benzene rings is 7. The Kier molecular flexibility index (Phi) is 35.6. The quantitative estimate of drug-likeness (QED) is 0.00562. The summed E-state index contributed by atoms with van der Waals surface area (Å²) in [6.07, 6.45) is -2.87. The average molecular weight is 1950 g/mol. The van der Waals surface area contributed by atoms with E-state index in [9.17, 15) is 37.5 Å². The van der Waals surface area contributed by atoms with Gasteiger partial charge in [-0.25, -0.2) is 32.5 Å². The molecule has 0 unspecified atom stereocenters. The van der Waals surface area contributed by atoms with Gasteiger partial charge in [-0.1, -0.05) is 166 Å². The molecule has 3 heterocycles. The van der Waals surface area contributed by atoms with Crippen molar-refractivity contribution in [2.75, 3.05) is 20.1 Å². The second-order valence-electron chi connectivity index (χ2n) is 41.0. The third-order valence-corrected chi connectivity index (χ3v) is 25.9. The summed E-state index contributed by atoms with van der Waals surface area (Å²) in [6.45, 7) is 35.1. The molecule has 0 spiro atoms. The zero-order chi connectivity index (χ0) is 103. The highest BCUT2D eigenvalue weighted by atomic mass is 32.2. The van der Waals surface area contributed by atoms with Gasteiger partial charge in [-0.2, -0.15) is 0 Å². The van der Waals surface area contributed by atoms with Crippen molar-refractivity contribution in [2.45, 2.75) is 295 Å². The van der Waals surface area contributed by atoms with E-state index in [-0.39, 0.29) is 68.8 Å². The van der Waals surface area contributed by atoms with Crippen LogP contribution < -0.4 is 68.6 Å². The topological polar surface area (TPSA) is 470 Å². The Bertz CT molecular complexity index is 5800. The van der Waals surface area contributed by atoms with Gasteiger partial charge in [0.2, 0.25) is 47.3 Å². The van der Waals surface area contributed by atoms with E-state index in [1.54, 1.807) is 155 Å². The number of fused-ring (bicyclic) bond motifs is 2. The molecule has 0 radical (unpaired) electrons. The lowest BCUT2D eigenvalue weighted by Crippen LogP contribution is -2.63. The van der Waals surface area contributed by atoms with Crippen LogP contribution in [-0.2, 0) is 98.6 Å². The number of hydrogen-bond donors (Lipinski definition) is 13. The third kappa shape index (κ3) is 29.0. The summed E-state index contributed by atoms with van der Waals surface area (Å²) in [5.41, 5.74) is 12.2. The van der Waals surface area contributed by atoms with E-state index in [4.69, 9.17) is 34.8 Å². The van der Waals surface area contributed by atoms with Crippen molar-refractivity contribution in [3.05, 3.63) is 232 Å². The van der Waals surface area contributed by atoms with E-state index in [0.717, 1.165) is 9.87 Å². The number of nitrogens with one attached hydrogen (secondary N) is 11. The van der Waals surface area contributed by atoms with Gasteiger partial charge in [0.05, 0.1) is 46.3 Å². The van der Waals surface area contributed by atoms with Gasteiger partial charge in [-0.05, 0) is 224 Å². The van der Waals surface area contributed by atoms with Gasteiger partial charge >= 0.3 is 18.1 Å². The highest BCUT2D eigenvalue weighted by Crippen LogP contribution is 2.45. The number of amides is 10. The van der Waals surface area contributed by atoms with Crippen molar-refractivity contribution in [1.82, 2.24) is 67.2 Å². The smallest absolute Gasteiger partial charge is 0.419 e. The van der Waals surface area contributed by atoms with Gasteiger partial charge in [0, 0.05) is 63.0 Å². The standard InChI is InChI=1S/C105H139N15O19S/c1-62(2)53-79(90(123)109-78(89(122)112-82(96(129)130)56-69-60-120(99(132)139-103(16,17)18)83-47-35-34-45-75(69)83)46-36-52-108-97(107)118(21)140(133,134)88-64(4)63(3)87-76(65(88)5)59-104(19,20)138-87)113-98(131)117-116-92(125)80(55-67-37-26-22-27-38-67)111-94(127)86(66(6)135-100(7,8)9)114-91(124)81(58-85(121)115-105(70-39-28-23-29-40-70,71-41-30-24-31-42-71)72-43-32-25-33-44-72)110-93(126)84-57-74(137-102(13,14)15)61-119(84)95(128)77(106)54-68-48-50-73(51-49-68)136-101(10,11)12/h22-35,37-45,47-51,60,62,66,74,77-82,84,86H,36,46,52-59,61,106H2,1-21H3,(H2,107,108)(H,109,123)(H,110,126)(H,111,127)(H,112,122)(H,114,124)(H,115,121)(H,116,125)(H,129,130)(H2,113,117,131)/t66-,74-,77-,78+,79+,80+,81+,82+,84+,86+/m1/s1. The lowest BCUT2D eigenvalue weighted by molar-refractivity contribution is -0.143. The molecule has 8 aromatic rings. The number of aromatic nitrogens is 1. The fourth-order valence-electron chi connectivity index (χ4n) is 17.5. The summed E-state index contributed by atoms with van der Waals surface area (Å²) in [5, 5.41) is 42.7. The van der Waals surface area contributed by atoms with Gasteiger partial charge in [0.25, 0.3) is 15.9 Å². The number of guanidine groups is 1. The van der Waals surface area contributed by atoms with Crippen molar-refractivity contribution < 1.29 is 89.9 Å². The normalized spacial score (nSPS) is 16.1. The fourth-order valence-corrected chi connectivity index (χ4v) is 19.1. The molecule has 0 aliphatic carbocycles. The van der Waals surface area contributed by atoms with Crippen LogP contribution in [0.25, 0.3) is 10.9 Å². The molecule has 10 amide bonds. The Labute approximate surface area is 820 Å². The number of hydrogen-bond acceptors (Lipinski definition) is 20. The van der Waals surface area contributed by atoms with E-state index in [1.807, 2.05) is 146 Å². The van der Waals surface area contributed by atoms with Crippen LogP contribution in [0.3, 0.4) is 0 Å². The molecule has 1 aromatic heterocycles. The maximum absolute atomic E-state index is 16.0. The second-order valence-corrected chi connectivity index (χ2v) is 42.9. The number of hydrazine groups is 1. The van der Waals surface area contributed by atoms with Crippen LogP contribution in [-0.4, -0.2) is 207 Å². The second kappa shape index (κ2) is 45.8. The number of aliphatic carboxylic acids is 1. The van der Waals surface area contributed by atoms with Crippen LogP contribution in [0, 0.1) is 32.1 Å². The predicted octanol–water partition coefficient (Wildman–Crippen LogP) is 11.0. The van der Waals surface area contributed by atoms with Gasteiger partial charge in [-0.3, -0.25) is 53.8 Å². The third-order valence-electron chi connectivity index (χ3n) is 23.8. The molecule has 35 heteroatoms. The summed E-state index contributed by atoms with van der Waals surface area (Å²) in [7, 11) is -3.18. The molecule has 34 nitrogen and oxygen atoms in total. The van der Waals surface area contributed by atoms with E-state index in [1.165, 1.54) is 29.6 Å². The number of likely N-dealkylation sites (tertiary alicyclic amines) is 1. The molecule has 140 heavy (non-hydrogen) atoms. The van der Waals surface area contributed by atoms with Crippen LogP contribution in [0.2, 0.25) is 0 Å². The summed E-state index contributed by atoms with van der Waals surface area (Å²) in [5.74, 6) is -8.59. The molecule has 10 rings (SSSR count). The number of carboxylic acids is 1. The fraction of sp³-hybridized carbons (Fsp3) is 0.467. The maximum Gasteiger partial charge on any atom is 0.419 e. The summed E-state index contributed by atoms with van der Waals surface area (Å²) in [4.78, 5) is 166. The van der Waals surface area contributed by atoms with Crippen LogP contribution in [0.4, 0.5) is 9.59 Å². The number of carbonyl (C=O) groups excluding carboxylic acids is 10. The number of para-hydroxylation sites is 1. The largest absolute Gasteiger partial charge is 0.488 e. The SMILES string of the molecule is Cc1c(C)c(S(=O)(=O)N(C)C(=N)NCCC[C@H](NC(=O)[C@H](CC(C)C)NC(=O)NNC(=O)[C@H](Cc2ccccc2)NC(=O)[C@@H](NC(=O)[C@H](CC(=O)NC(c2ccccc2)(c2ccccc2)c2ccccc2)NC(=O)[C@@H]2C[C@@H](OC(C)(C)C)CN2C(=O)[C@H](N)Cc2ccc(OC(C)(C)C)cc2)[C@@H](C)OC(C)(C)C)C(=O)N[C@@H](Cc2cn(C(=O)OC(C)(C)C)c3ccccc23)C(=O)O)c(C)c2c1OC(C)(C)C2. The Balaban J connectivity index is 0.919. The lowest BCUT2D eigenvalue weighted by atomic mass is 9.77. The van der Waals surface area contributed by atoms with Crippen LogP contribution in [0.15, 0.2) is 181 Å². The average Bonchev–Trinajstić information content (AvgIpc) is 1.65. The van der Waals surface area contributed by atoms with Gasteiger partial charge in [-0.15, -0.1) is 0 Å². The zero-order valence-electron chi connectivity index (χ0n) is 84.0. The molecule has 0 saturated carbocycles. The Morgan fingerprint density at radius 2 is 1.14 bits per heavy atom. The summed E-state index contributed by atoms with van der Waals surface area (Å²) < 4.78 is 62.1. The predicted molar refractivity (Wildman–Crippen MR) is 532 cm³/mol. The Morgan fingerprint density at radius 1 is 0.593 bits per heavy atom. The van der Waals surface area contributed by atoms with Crippen molar-refractivity contribution in [2.24, 2.45) is 11.7 Å². The first kappa shape index (κ1) is 109. The van der Waals surface area contributed by atoms with Crippen LogP contribution >= 0.6 is 0 Å². The molecule has 7 aromatic carbocycles. The molecule has 14 N–H and O–H groups in total. The van der Waals surface area contributed by atoms with E-state index in [2.05, 4.69) is 53.4 Å². The van der Waals surface area contributed by atoms with E-state index in [0.29, 0.717) is 78.9 Å². The number of sulfonamides is 1. The maximum atomic E-state index is 16.0. The van der Waals surface area contributed by atoms with Crippen molar-refractivity contribution in [1.29, 1.82) is 5.41 Å². The first-order valence-electron chi connectivity index (χ1n) is 47.3.